The van der Waals surface area contributed by atoms with E-state index in [0.717, 1.165) is 11.5 Å². The Labute approximate surface area is 89.9 Å². The first-order chi connectivity index (χ1) is 5.38. The second-order valence-corrected chi connectivity index (χ2v) is 6.76. The largest absolute Gasteiger partial charge is 0 e. The van der Waals surface area contributed by atoms with Crippen LogP contribution in [0.4, 0.5) is 0 Å². The third-order valence-corrected chi connectivity index (χ3v) is 5.57. The van der Waals surface area contributed by atoms with E-state index in [0.29, 0.717) is 0 Å². The minimum atomic E-state index is -1.60. The van der Waals surface area contributed by atoms with E-state index in [9.17, 15) is 4.79 Å². The number of rotatable bonds is 3. The molecule has 0 unspecified atom stereocenters. The Morgan fingerprint density at radius 3 is 2.69 bits per heavy atom. The molecule has 13 heavy (non-hydrogen) atoms. The van der Waals surface area contributed by atoms with Gasteiger partial charge in [-0.15, -0.1) is 0 Å². The van der Waals surface area contributed by atoms with Gasteiger partial charge in [0.05, 0.1) is 0 Å². The zero-order valence-corrected chi connectivity index (χ0v) is 10.5. The molecule has 1 aliphatic rings. The molecule has 0 N–H and O–H groups in total. The van der Waals surface area contributed by atoms with Crippen LogP contribution in [0.15, 0.2) is 35.8 Å². The van der Waals surface area contributed by atoms with Gasteiger partial charge >= 0.3 is 70.4 Å². The van der Waals surface area contributed by atoms with Crippen LogP contribution in [-0.4, -0.2) is 42.8 Å². The summed E-state index contributed by atoms with van der Waals surface area (Å²) in [7, 11) is 0. The molecule has 0 saturated carbocycles. The molecule has 63 valence electrons. The van der Waals surface area contributed by atoms with Crippen molar-refractivity contribution in [3.63, 3.8) is 0 Å². The molecule has 0 fully saturated rings. The fourth-order valence-electron chi connectivity index (χ4n) is 0.991. The molecular formula is C9H10BGeOSi. The molecule has 1 rings (SSSR count). The normalized spacial score (nSPS) is 12.9. The van der Waals surface area contributed by atoms with Gasteiger partial charge in [0, 0.05) is 19.4 Å². The Kier molecular flexibility index (Phi) is 9.50. The van der Waals surface area contributed by atoms with Crippen molar-refractivity contribution in [3.8, 4) is 0 Å². The molecule has 0 saturated heterocycles. The maximum absolute atomic E-state index is 10.6. The van der Waals surface area contributed by atoms with Crippen LogP contribution in [0.5, 0.6) is 0 Å². The fourth-order valence-corrected chi connectivity index (χ4v) is 3.99. The summed E-state index contributed by atoms with van der Waals surface area (Å²) in [6.07, 6.45) is 8.73. The third kappa shape index (κ3) is 4.38. The Morgan fingerprint density at radius 1 is 1.46 bits per heavy atom. The second kappa shape index (κ2) is 8.20. The van der Waals surface area contributed by atoms with Gasteiger partial charge in [0.2, 0.25) is 0 Å². The van der Waals surface area contributed by atoms with Crippen LogP contribution in [-0.2, 0) is 4.79 Å². The number of hydrogen-bond acceptors (Lipinski definition) is 1. The van der Waals surface area contributed by atoms with Gasteiger partial charge in [0.1, 0.15) is 0 Å². The topological polar surface area (TPSA) is 17.1 Å². The molecule has 7 radical (unpaired) electrons. The molecule has 0 aromatic carbocycles. The summed E-state index contributed by atoms with van der Waals surface area (Å²) < 4.78 is 1.29. The predicted octanol–water partition coefficient (Wildman–Crippen LogP) is 0.487. The van der Waals surface area contributed by atoms with Crippen molar-refractivity contribution in [2.45, 2.75) is 6.42 Å². The molecule has 0 spiro atoms. The van der Waals surface area contributed by atoms with Crippen molar-refractivity contribution in [3.05, 3.63) is 35.8 Å². The van der Waals surface area contributed by atoms with Gasteiger partial charge in [0.15, 0.2) is 0 Å². The Bertz CT molecular complexity index is 269. The molecule has 0 aliphatic carbocycles. The van der Waals surface area contributed by atoms with E-state index in [1.807, 2.05) is 24.3 Å². The standard InChI is InChI=1S/C9H10GeO.B.Si/c1-2-5-9-6-3-4-7-10(9)8-11;;/h2-4,6-8H,1,5H2;;. The minimum absolute atomic E-state index is 0. The van der Waals surface area contributed by atoms with E-state index in [4.69, 9.17) is 0 Å². The number of hydrogen-bond donors (Lipinski definition) is 0. The fraction of sp³-hybridized carbons (Fsp3) is 0.111. The summed E-state index contributed by atoms with van der Waals surface area (Å²) >= 11 is -1.60. The third-order valence-electron chi connectivity index (χ3n) is 1.55. The molecule has 0 atom stereocenters. The van der Waals surface area contributed by atoms with Crippen molar-refractivity contribution in [2.24, 2.45) is 0 Å². The van der Waals surface area contributed by atoms with Crippen molar-refractivity contribution in [2.75, 3.05) is 0 Å². The zero-order chi connectivity index (χ0) is 8.10. The van der Waals surface area contributed by atoms with Crippen molar-refractivity contribution >= 4 is 42.8 Å². The monoisotopic (exact) mass is 247 g/mol. The van der Waals surface area contributed by atoms with E-state index < -0.39 is 13.9 Å². The summed E-state index contributed by atoms with van der Waals surface area (Å²) in [4.78, 5) is 12.6. The van der Waals surface area contributed by atoms with Crippen LogP contribution in [0.2, 0.25) is 0 Å². The van der Waals surface area contributed by atoms with E-state index in [2.05, 4.69) is 11.5 Å². The van der Waals surface area contributed by atoms with Crippen molar-refractivity contribution in [1.82, 2.24) is 0 Å². The zero-order valence-electron chi connectivity index (χ0n) is 7.36. The van der Waals surface area contributed by atoms with Crippen LogP contribution in [0, 0.1) is 0 Å². The predicted molar refractivity (Wildman–Crippen MR) is 62.1 cm³/mol. The molecular weight excluding hydrogens is 236 g/mol. The van der Waals surface area contributed by atoms with Gasteiger partial charge in [-0.25, -0.2) is 0 Å². The van der Waals surface area contributed by atoms with Crippen LogP contribution in [0.25, 0.3) is 0 Å². The number of allylic oxidation sites excluding steroid dienone is 4. The summed E-state index contributed by atoms with van der Waals surface area (Å²) in [5, 5.41) is 1.12. The Balaban J connectivity index is 0. The smallest absolute Gasteiger partial charge is 0 e. The van der Waals surface area contributed by atoms with Crippen LogP contribution in [0.3, 0.4) is 0 Å². The second-order valence-electron chi connectivity index (χ2n) is 2.31. The van der Waals surface area contributed by atoms with Gasteiger partial charge in [-0.1, -0.05) is 0 Å². The molecule has 0 amide bonds. The maximum atomic E-state index is 10.6. The van der Waals surface area contributed by atoms with E-state index >= 15 is 0 Å². The van der Waals surface area contributed by atoms with E-state index in [1.165, 1.54) is 4.35 Å². The molecule has 1 heterocycles. The van der Waals surface area contributed by atoms with Gasteiger partial charge < -0.3 is 0 Å². The number of carbonyl (C=O) groups is 1. The average Bonchev–Trinajstić information content (AvgIpc) is 2.06. The molecule has 4 heteroatoms. The van der Waals surface area contributed by atoms with Gasteiger partial charge in [-0.2, -0.15) is 0 Å². The molecule has 0 aromatic rings. The van der Waals surface area contributed by atoms with Crippen LogP contribution < -0.4 is 0 Å². The molecule has 0 bridgehead atoms. The maximum Gasteiger partial charge on any atom is 0 e. The van der Waals surface area contributed by atoms with Crippen molar-refractivity contribution < 1.29 is 4.79 Å². The Morgan fingerprint density at radius 2 is 2.15 bits per heavy atom. The quantitative estimate of drug-likeness (QED) is 0.402. The molecule has 1 nitrogen and oxygen atoms in total. The van der Waals surface area contributed by atoms with Crippen LogP contribution in [0.1, 0.15) is 6.42 Å². The summed E-state index contributed by atoms with van der Waals surface area (Å²) in [6.45, 7) is 3.66. The minimum Gasteiger partial charge on any atom is 0 e. The Hall–Kier alpha value is -0.415. The summed E-state index contributed by atoms with van der Waals surface area (Å²) in [5.74, 6) is 0. The SMILES string of the molecule is C=CC[C]1=[Ge]([CH]=O)[CH]=CC=C1.[B].[Si]. The molecule has 1 aliphatic heterocycles. The number of carbonyl (C=O) groups excluding carboxylic acids is 1. The summed E-state index contributed by atoms with van der Waals surface area (Å²) in [6, 6.07) is 0. The van der Waals surface area contributed by atoms with Gasteiger partial charge in [-0.3, -0.25) is 0 Å². The van der Waals surface area contributed by atoms with Gasteiger partial charge in [-0.05, 0) is 0 Å². The van der Waals surface area contributed by atoms with Crippen molar-refractivity contribution in [1.29, 1.82) is 0 Å². The first-order valence-corrected chi connectivity index (χ1v) is 6.99. The average molecular weight is 246 g/mol. The summed E-state index contributed by atoms with van der Waals surface area (Å²) in [5.41, 5.74) is 0. The first-order valence-electron chi connectivity index (χ1n) is 3.52. The van der Waals surface area contributed by atoms with E-state index in [1.54, 1.807) is 0 Å². The first kappa shape index (κ1) is 15.1. The van der Waals surface area contributed by atoms with Gasteiger partial charge in [0.25, 0.3) is 0 Å². The van der Waals surface area contributed by atoms with Crippen LogP contribution >= 0.6 is 0 Å². The van der Waals surface area contributed by atoms with E-state index in [-0.39, 0.29) is 19.4 Å². The molecule has 0 aromatic heterocycles.